The quantitative estimate of drug-likeness (QED) is 0.458. The summed E-state index contributed by atoms with van der Waals surface area (Å²) >= 11 is 0. The Morgan fingerprint density at radius 1 is 0.968 bits per heavy atom. The van der Waals surface area contributed by atoms with E-state index in [4.69, 9.17) is 28.8 Å². The highest BCUT2D eigenvalue weighted by atomic mass is 16.7. The summed E-state index contributed by atoms with van der Waals surface area (Å²) in [5.74, 6) is 1.31. The Labute approximate surface area is 185 Å². The van der Waals surface area contributed by atoms with Gasteiger partial charge in [0.15, 0.2) is 6.29 Å². The molecule has 0 N–H and O–H groups in total. The van der Waals surface area contributed by atoms with E-state index < -0.39 is 18.3 Å². The van der Waals surface area contributed by atoms with Crippen LogP contribution in [0.4, 0.5) is 0 Å². The Morgan fingerprint density at radius 3 is 2.16 bits per heavy atom. The van der Waals surface area contributed by atoms with Crippen molar-refractivity contribution in [1.29, 1.82) is 5.26 Å². The number of benzene rings is 2. The van der Waals surface area contributed by atoms with Gasteiger partial charge in [0.05, 0.1) is 29.4 Å². The maximum absolute atomic E-state index is 8.97. The van der Waals surface area contributed by atoms with Crippen molar-refractivity contribution in [2.45, 2.75) is 65.6 Å². The number of hydrogen-bond acceptors (Lipinski definition) is 6. The summed E-state index contributed by atoms with van der Waals surface area (Å²) in [7, 11) is -0.505. The molecule has 0 amide bonds. The van der Waals surface area contributed by atoms with Crippen molar-refractivity contribution in [3.05, 3.63) is 53.6 Å². The summed E-state index contributed by atoms with van der Waals surface area (Å²) in [6, 6.07) is 14.9. The molecule has 6 nitrogen and oxygen atoms in total. The summed E-state index contributed by atoms with van der Waals surface area (Å²) < 4.78 is 29.9. The van der Waals surface area contributed by atoms with Crippen LogP contribution in [0.15, 0.2) is 42.5 Å². The molecule has 1 saturated heterocycles. The van der Waals surface area contributed by atoms with Crippen LogP contribution in [0, 0.1) is 11.3 Å². The first kappa shape index (κ1) is 23.3. The van der Waals surface area contributed by atoms with E-state index in [1.54, 1.807) is 24.3 Å². The standard InChI is InChI=1S/C24H30BNO5/c1-7-27-17(2)28-16-19-14-21(29-20-10-8-18(15-26)9-11-20)12-13-22(19)25-30-23(3,4)24(5,6)31-25/h8-14,17H,7,16H2,1-6H3. The predicted molar refractivity (Wildman–Crippen MR) is 119 cm³/mol. The van der Waals surface area contributed by atoms with Crippen LogP contribution < -0.4 is 10.2 Å². The lowest BCUT2D eigenvalue weighted by Crippen LogP contribution is -2.41. The van der Waals surface area contributed by atoms with Crippen LogP contribution in [0.5, 0.6) is 11.5 Å². The van der Waals surface area contributed by atoms with Crippen LogP contribution in [0.2, 0.25) is 0 Å². The van der Waals surface area contributed by atoms with Gasteiger partial charge in [0.2, 0.25) is 0 Å². The van der Waals surface area contributed by atoms with Crippen molar-refractivity contribution in [3.8, 4) is 17.6 Å². The maximum atomic E-state index is 8.97. The number of rotatable bonds is 8. The zero-order valence-corrected chi connectivity index (χ0v) is 19.1. The Bertz CT molecular complexity index is 920. The third kappa shape index (κ3) is 5.47. The zero-order chi connectivity index (χ0) is 22.6. The molecule has 1 atom stereocenters. The fraction of sp³-hybridized carbons (Fsp3) is 0.458. The third-order valence-corrected chi connectivity index (χ3v) is 5.72. The minimum Gasteiger partial charge on any atom is -0.457 e. The highest BCUT2D eigenvalue weighted by molar-refractivity contribution is 6.62. The summed E-state index contributed by atoms with van der Waals surface area (Å²) in [6.45, 7) is 12.8. The molecule has 0 radical (unpaired) electrons. The molecule has 2 aromatic carbocycles. The average molecular weight is 423 g/mol. The van der Waals surface area contributed by atoms with E-state index in [2.05, 4.69) is 6.07 Å². The Morgan fingerprint density at radius 2 is 1.58 bits per heavy atom. The summed E-state index contributed by atoms with van der Waals surface area (Å²) in [5, 5.41) is 8.97. The Balaban J connectivity index is 1.86. The van der Waals surface area contributed by atoms with Gasteiger partial charge in [-0.15, -0.1) is 0 Å². The second-order valence-corrected chi connectivity index (χ2v) is 8.52. The minimum atomic E-state index is -0.505. The van der Waals surface area contributed by atoms with Gasteiger partial charge < -0.3 is 23.5 Å². The lowest BCUT2D eigenvalue weighted by atomic mass is 9.76. The fourth-order valence-electron chi connectivity index (χ4n) is 3.19. The van der Waals surface area contributed by atoms with Crippen molar-refractivity contribution in [2.75, 3.05) is 6.61 Å². The van der Waals surface area contributed by atoms with Crippen molar-refractivity contribution in [2.24, 2.45) is 0 Å². The normalized spacial score (nSPS) is 17.9. The molecule has 1 fully saturated rings. The van der Waals surface area contributed by atoms with Crippen molar-refractivity contribution >= 4 is 12.6 Å². The van der Waals surface area contributed by atoms with E-state index in [0.29, 0.717) is 30.3 Å². The molecule has 3 rings (SSSR count). The number of ether oxygens (including phenoxy) is 3. The van der Waals surface area contributed by atoms with Gasteiger partial charge in [-0.05, 0) is 89.0 Å². The predicted octanol–water partition coefficient (Wildman–Crippen LogP) is 4.55. The van der Waals surface area contributed by atoms with Crippen molar-refractivity contribution in [1.82, 2.24) is 0 Å². The molecule has 1 unspecified atom stereocenters. The van der Waals surface area contributed by atoms with Crippen LogP contribution in [0.1, 0.15) is 52.7 Å². The topological polar surface area (TPSA) is 69.9 Å². The van der Waals surface area contributed by atoms with E-state index >= 15 is 0 Å². The lowest BCUT2D eigenvalue weighted by Gasteiger charge is -2.32. The maximum Gasteiger partial charge on any atom is 0.495 e. The highest BCUT2D eigenvalue weighted by Crippen LogP contribution is 2.37. The SMILES string of the molecule is CCOC(C)OCc1cc(Oc2ccc(C#N)cc2)ccc1B1OC(C)(C)C(C)(C)O1. The van der Waals surface area contributed by atoms with E-state index in [1.165, 1.54) is 0 Å². The van der Waals surface area contributed by atoms with Gasteiger partial charge >= 0.3 is 7.12 Å². The van der Waals surface area contributed by atoms with Crippen LogP contribution in [-0.2, 0) is 25.4 Å². The fourth-order valence-corrected chi connectivity index (χ4v) is 3.19. The van der Waals surface area contributed by atoms with E-state index in [0.717, 1.165) is 11.0 Å². The van der Waals surface area contributed by atoms with Gasteiger partial charge in [0.1, 0.15) is 11.5 Å². The number of nitrogens with zero attached hydrogens (tertiary/aromatic N) is 1. The summed E-state index contributed by atoms with van der Waals surface area (Å²) in [4.78, 5) is 0. The Kier molecular flexibility index (Phi) is 7.08. The van der Waals surface area contributed by atoms with Crippen LogP contribution in [0.3, 0.4) is 0 Å². The third-order valence-electron chi connectivity index (χ3n) is 5.72. The molecule has 1 heterocycles. The molecule has 1 aliphatic rings. The largest absolute Gasteiger partial charge is 0.495 e. The van der Waals surface area contributed by atoms with Gasteiger partial charge in [-0.2, -0.15) is 5.26 Å². The first-order chi connectivity index (χ1) is 14.6. The molecule has 7 heteroatoms. The second-order valence-electron chi connectivity index (χ2n) is 8.52. The molecule has 1 aliphatic heterocycles. The molecule has 0 aromatic heterocycles. The zero-order valence-electron chi connectivity index (χ0n) is 19.1. The van der Waals surface area contributed by atoms with E-state index in [1.807, 2.05) is 59.7 Å². The van der Waals surface area contributed by atoms with Gasteiger partial charge in [0, 0.05) is 6.61 Å². The molecule has 2 aromatic rings. The van der Waals surface area contributed by atoms with Gasteiger partial charge in [-0.25, -0.2) is 0 Å². The van der Waals surface area contributed by atoms with E-state index in [9.17, 15) is 0 Å². The van der Waals surface area contributed by atoms with Crippen LogP contribution in [-0.4, -0.2) is 31.2 Å². The van der Waals surface area contributed by atoms with Gasteiger partial charge in [0.25, 0.3) is 0 Å². The minimum absolute atomic E-state index is 0.325. The molecule has 31 heavy (non-hydrogen) atoms. The first-order valence-electron chi connectivity index (χ1n) is 10.5. The number of hydrogen-bond donors (Lipinski definition) is 0. The van der Waals surface area contributed by atoms with E-state index in [-0.39, 0.29) is 6.29 Å². The van der Waals surface area contributed by atoms with Crippen LogP contribution in [0.25, 0.3) is 0 Å². The monoisotopic (exact) mass is 423 g/mol. The number of nitriles is 1. The van der Waals surface area contributed by atoms with Gasteiger partial charge in [-0.3, -0.25) is 0 Å². The summed E-state index contributed by atoms with van der Waals surface area (Å²) in [5.41, 5.74) is 1.51. The van der Waals surface area contributed by atoms with Crippen molar-refractivity contribution in [3.63, 3.8) is 0 Å². The lowest BCUT2D eigenvalue weighted by molar-refractivity contribution is -0.134. The molecular formula is C24H30BNO5. The highest BCUT2D eigenvalue weighted by Gasteiger charge is 2.52. The second kappa shape index (κ2) is 9.41. The van der Waals surface area contributed by atoms with Crippen molar-refractivity contribution < 1.29 is 23.5 Å². The van der Waals surface area contributed by atoms with Crippen LogP contribution >= 0.6 is 0 Å². The van der Waals surface area contributed by atoms with Gasteiger partial charge in [-0.1, -0.05) is 6.07 Å². The molecule has 0 spiro atoms. The molecule has 0 bridgehead atoms. The smallest absolute Gasteiger partial charge is 0.457 e. The average Bonchev–Trinajstić information content (AvgIpc) is 2.94. The molecule has 0 saturated carbocycles. The molecular weight excluding hydrogens is 393 g/mol. The summed E-state index contributed by atoms with van der Waals surface area (Å²) in [6.07, 6.45) is -0.334. The Hall–Kier alpha value is -2.37. The molecule has 0 aliphatic carbocycles. The first-order valence-corrected chi connectivity index (χ1v) is 10.5. The molecule has 164 valence electrons.